The lowest BCUT2D eigenvalue weighted by Gasteiger charge is -2.12. The monoisotopic (exact) mass is 653 g/mol. The van der Waals surface area contributed by atoms with Crippen LogP contribution in [-0.4, -0.2) is 25.6 Å². The third kappa shape index (κ3) is 4.45. The summed E-state index contributed by atoms with van der Waals surface area (Å²) in [6, 6.07) is 59.1. The Balaban J connectivity index is 1.10. The van der Waals surface area contributed by atoms with Gasteiger partial charge in [0.2, 0.25) is 5.95 Å². The van der Waals surface area contributed by atoms with Crippen LogP contribution in [0.3, 0.4) is 0 Å². The van der Waals surface area contributed by atoms with Crippen molar-refractivity contribution in [2.75, 3.05) is 6.54 Å². The molecule has 1 fully saturated rings. The maximum atomic E-state index is 5.33. The summed E-state index contributed by atoms with van der Waals surface area (Å²) in [6.07, 6.45) is 0. The first kappa shape index (κ1) is 28.3. The molecule has 0 saturated carbocycles. The van der Waals surface area contributed by atoms with Crippen LogP contribution in [0.25, 0.3) is 88.5 Å². The molecule has 5 nitrogen and oxygen atoms in total. The van der Waals surface area contributed by atoms with Gasteiger partial charge in [-0.1, -0.05) is 103 Å². The van der Waals surface area contributed by atoms with E-state index in [0.717, 1.165) is 45.4 Å². The van der Waals surface area contributed by atoms with Gasteiger partial charge in [0.1, 0.15) is 0 Å². The molecular weight excluding hydrogens is 623 g/mol. The van der Waals surface area contributed by atoms with Crippen LogP contribution in [0.2, 0.25) is 0 Å². The van der Waals surface area contributed by atoms with E-state index in [1.54, 1.807) is 0 Å². The maximum Gasteiger partial charge on any atom is 0.235 e. The second-order valence-electron chi connectivity index (χ2n) is 13.5. The fourth-order valence-electron chi connectivity index (χ4n) is 7.96. The number of nitrogens with one attached hydrogen (secondary N) is 1. The van der Waals surface area contributed by atoms with Crippen molar-refractivity contribution in [2.24, 2.45) is 0 Å². The minimum Gasteiger partial charge on any atom is -0.309 e. The molecule has 10 aromatic rings. The summed E-state index contributed by atoms with van der Waals surface area (Å²) < 4.78 is 4.59. The molecule has 7 aromatic carbocycles. The van der Waals surface area contributed by atoms with Crippen molar-refractivity contribution in [1.29, 1.82) is 0 Å². The smallest absolute Gasteiger partial charge is 0.235 e. The first-order chi connectivity index (χ1) is 25.3. The lowest BCUT2D eigenvalue weighted by molar-refractivity contribution is 1.01. The molecule has 0 aliphatic carbocycles. The number of nitrogens with zero attached hydrogens (tertiary/aromatic N) is 4. The van der Waals surface area contributed by atoms with Crippen LogP contribution in [0.4, 0.5) is 0 Å². The molecule has 0 spiro atoms. The summed E-state index contributed by atoms with van der Waals surface area (Å²) in [5, 5.41) is 9.34. The molecule has 4 heterocycles. The molecule has 0 amide bonds. The molecule has 240 valence electrons. The second kappa shape index (κ2) is 11.0. The summed E-state index contributed by atoms with van der Waals surface area (Å²) in [4.78, 5) is 10.5. The molecule has 0 bridgehead atoms. The SMILES string of the molecule is c1ccc(-n2c3ccccc3c3cc(-c4ccc5c(c4)c4ccccc4n5-c4nc(-c5cccc(C6CN6)c5)c5ccccc5n4)ccc32)cc1. The quantitative estimate of drug-likeness (QED) is 0.188. The van der Waals surface area contributed by atoms with Gasteiger partial charge >= 0.3 is 0 Å². The Hall–Kier alpha value is -6.56. The number of hydrogen-bond donors (Lipinski definition) is 1. The Morgan fingerprint density at radius 3 is 1.75 bits per heavy atom. The van der Waals surface area contributed by atoms with Crippen molar-refractivity contribution in [1.82, 2.24) is 24.4 Å². The van der Waals surface area contributed by atoms with Gasteiger partial charge in [-0.15, -0.1) is 0 Å². The molecule has 1 aliphatic heterocycles. The number of aromatic nitrogens is 4. The molecular formula is C46H31N5. The number of benzene rings is 7. The van der Waals surface area contributed by atoms with Gasteiger partial charge in [-0.05, 0) is 77.4 Å². The predicted octanol–water partition coefficient (Wildman–Crippen LogP) is 10.8. The van der Waals surface area contributed by atoms with E-state index >= 15 is 0 Å². The molecule has 3 aromatic heterocycles. The van der Waals surface area contributed by atoms with Crippen molar-refractivity contribution < 1.29 is 0 Å². The Kier molecular flexibility index (Phi) is 6.09. The maximum absolute atomic E-state index is 5.33. The van der Waals surface area contributed by atoms with Crippen LogP contribution >= 0.6 is 0 Å². The van der Waals surface area contributed by atoms with Gasteiger partial charge in [0.05, 0.1) is 33.3 Å². The topological polar surface area (TPSA) is 57.6 Å². The van der Waals surface area contributed by atoms with Crippen molar-refractivity contribution >= 4 is 54.5 Å². The first-order valence-corrected chi connectivity index (χ1v) is 17.5. The van der Waals surface area contributed by atoms with E-state index in [4.69, 9.17) is 9.97 Å². The van der Waals surface area contributed by atoms with E-state index in [9.17, 15) is 0 Å². The van der Waals surface area contributed by atoms with E-state index < -0.39 is 0 Å². The van der Waals surface area contributed by atoms with Gasteiger partial charge in [0.25, 0.3) is 0 Å². The number of para-hydroxylation sites is 4. The van der Waals surface area contributed by atoms with E-state index in [0.29, 0.717) is 12.0 Å². The summed E-state index contributed by atoms with van der Waals surface area (Å²) in [7, 11) is 0. The van der Waals surface area contributed by atoms with E-state index in [1.807, 2.05) is 0 Å². The Bertz CT molecular complexity index is 2980. The summed E-state index contributed by atoms with van der Waals surface area (Å²) in [5.41, 5.74) is 12.4. The van der Waals surface area contributed by atoms with Crippen LogP contribution in [0, 0.1) is 0 Å². The normalized spacial score (nSPS) is 14.3. The fraction of sp³-hybridized carbons (Fsp3) is 0.0435. The third-order valence-electron chi connectivity index (χ3n) is 10.5. The van der Waals surface area contributed by atoms with Crippen molar-refractivity contribution in [3.63, 3.8) is 0 Å². The van der Waals surface area contributed by atoms with Gasteiger partial charge in [0, 0.05) is 50.8 Å². The number of fused-ring (bicyclic) bond motifs is 7. The van der Waals surface area contributed by atoms with E-state index in [1.165, 1.54) is 49.3 Å². The molecule has 1 saturated heterocycles. The van der Waals surface area contributed by atoms with Crippen LogP contribution in [0.15, 0.2) is 164 Å². The minimum atomic E-state index is 0.423. The van der Waals surface area contributed by atoms with Crippen molar-refractivity contribution in [2.45, 2.75) is 6.04 Å². The molecule has 51 heavy (non-hydrogen) atoms. The molecule has 1 N–H and O–H groups in total. The van der Waals surface area contributed by atoms with Crippen molar-refractivity contribution in [3.05, 3.63) is 169 Å². The standard InChI is InChI=1S/C46H31N5/c1-2-13-33(14-3-1)50-41-19-8-5-15-34(41)37-26-29(21-23-43(37)50)30-22-24-44-38(27-30)35-16-6-9-20-42(35)51(44)46-48-39-18-7-4-17-36(39)45(49-46)32-12-10-11-31(25-32)40-28-47-40/h1-27,40,47H,28H2. The van der Waals surface area contributed by atoms with Gasteiger partial charge in [-0.3, -0.25) is 4.57 Å². The minimum absolute atomic E-state index is 0.423. The zero-order valence-corrected chi connectivity index (χ0v) is 27.7. The lowest BCUT2D eigenvalue weighted by atomic mass is 10.0. The van der Waals surface area contributed by atoms with E-state index in [-0.39, 0.29) is 0 Å². The zero-order valence-electron chi connectivity index (χ0n) is 27.7. The molecule has 11 rings (SSSR count). The summed E-state index contributed by atoms with van der Waals surface area (Å²) >= 11 is 0. The second-order valence-corrected chi connectivity index (χ2v) is 13.5. The highest BCUT2D eigenvalue weighted by atomic mass is 15.2. The van der Waals surface area contributed by atoms with Gasteiger partial charge in [-0.2, -0.15) is 0 Å². The highest BCUT2D eigenvalue weighted by Gasteiger charge is 2.23. The third-order valence-corrected chi connectivity index (χ3v) is 10.5. The molecule has 1 aliphatic rings. The number of rotatable bonds is 5. The van der Waals surface area contributed by atoms with Crippen molar-refractivity contribution in [3.8, 4) is 34.0 Å². The first-order valence-electron chi connectivity index (χ1n) is 17.5. The molecule has 5 heteroatoms. The Labute approximate surface area is 294 Å². The average Bonchev–Trinajstić information content (AvgIpc) is 3.93. The average molecular weight is 654 g/mol. The summed E-state index contributed by atoms with van der Waals surface area (Å²) in [6.45, 7) is 1.02. The van der Waals surface area contributed by atoms with Gasteiger partial charge < -0.3 is 9.88 Å². The molecule has 0 radical (unpaired) electrons. The number of hydrogen-bond acceptors (Lipinski definition) is 3. The van der Waals surface area contributed by atoms with Crippen LogP contribution in [0.5, 0.6) is 0 Å². The largest absolute Gasteiger partial charge is 0.309 e. The van der Waals surface area contributed by atoms with E-state index in [2.05, 4.69) is 178 Å². The van der Waals surface area contributed by atoms with Gasteiger partial charge in [-0.25, -0.2) is 9.97 Å². The lowest BCUT2D eigenvalue weighted by Crippen LogP contribution is -2.03. The van der Waals surface area contributed by atoms with Crippen LogP contribution in [0.1, 0.15) is 11.6 Å². The molecule has 1 atom stereocenters. The van der Waals surface area contributed by atoms with Crippen LogP contribution < -0.4 is 5.32 Å². The summed E-state index contributed by atoms with van der Waals surface area (Å²) in [5.74, 6) is 0.674. The fourth-order valence-corrected chi connectivity index (χ4v) is 7.96. The predicted molar refractivity (Wildman–Crippen MR) is 210 cm³/mol. The highest BCUT2D eigenvalue weighted by Crippen LogP contribution is 2.39. The zero-order chi connectivity index (χ0) is 33.5. The Morgan fingerprint density at radius 1 is 0.451 bits per heavy atom. The van der Waals surface area contributed by atoms with Crippen LogP contribution in [-0.2, 0) is 0 Å². The highest BCUT2D eigenvalue weighted by molar-refractivity contribution is 6.12. The molecule has 1 unspecified atom stereocenters. The Morgan fingerprint density at radius 2 is 1.04 bits per heavy atom. The van der Waals surface area contributed by atoms with Gasteiger partial charge in [0.15, 0.2) is 0 Å².